The number of nitrogen functional groups attached to an aromatic ring is 1. The lowest BCUT2D eigenvalue weighted by Gasteiger charge is -2.35. The van der Waals surface area contributed by atoms with E-state index < -0.39 is 0 Å². The van der Waals surface area contributed by atoms with E-state index >= 15 is 0 Å². The van der Waals surface area contributed by atoms with Crippen molar-refractivity contribution < 1.29 is 9.21 Å². The van der Waals surface area contributed by atoms with Crippen LogP contribution < -0.4 is 5.73 Å². The molecule has 1 amide bonds. The third kappa shape index (κ3) is 2.93. The number of fused-ring (bicyclic) bond motifs is 1. The predicted molar refractivity (Wildman–Crippen MR) is 96.6 cm³/mol. The molecule has 1 unspecified atom stereocenters. The lowest BCUT2D eigenvalue weighted by atomic mass is 9.98. The molecular formula is C17H20ClN5O2. The summed E-state index contributed by atoms with van der Waals surface area (Å²) < 4.78 is 5.46. The normalized spacial score (nSPS) is 21.4. The highest BCUT2D eigenvalue weighted by molar-refractivity contribution is 6.30. The molecule has 4 rings (SSSR count). The van der Waals surface area contributed by atoms with Crippen LogP contribution in [0.3, 0.4) is 0 Å². The summed E-state index contributed by atoms with van der Waals surface area (Å²) in [6.45, 7) is 4.00. The van der Waals surface area contributed by atoms with Crippen molar-refractivity contribution in [2.45, 2.75) is 31.7 Å². The fourth-order valence-corrected chi connectivity index (χ4v) is 3.88. The summed E-state index contributed by atoms with van der Waals surface area (Å²) in [4.78, 5) is 17.6. The molecule has 0 aromatic carbocycles. The maximum atomic E-state index is 11.5. The van der Waals surface area contributed by atoms with E-state index in [9.17, 15) is 4.79 Å². The van der Waals surface area contributed by atoms with E-state index in [2.05, 4.69) is 15.1 Å². The molecule has 0 aliphatic carbocycles. The Kier molecular flexibility index (Phi) is 4.03. The second kappa shape index (κ2) is 6.22. The van der Waals surface area contributed by atoms with Gasteiger partial charge in [-0.25, -0.2) is 4.98 Å². The Balaban J connectivity index is 1.50. The Morgan fingerprint density at radius 1 is 1.40 bits per heavy atom. The number of anilines is 1. The molecule has 2 aromatic rings. The summed E-state index contributed by atoms with van der Waals surface area (Å²) in [5.41, 5.74) is 7.43. The molecule has 8 heteroatoms. The van der Waals surface area contributed by atoms with Gasteiger partial charge in [-0.15, -0.1) is 0 Å². The van der Waals surface area contributed by atoms with E-state index in [0.717, 1.165) is 43.4 Å². The van der Waals surface area contributed by atoms with Crippen LogP contribution >= 0.6 is 11.6 Å². The summed E-state index contributed by atoms with van der Waals surface area (Å²) in [6, 6.07) is 2.15. The highest BCUT2D eigenvalue weighted by Gasteiger charge is 2.30. The van der Waals surface area contributed by atoms with E-state index in [1.165, 1.54) is 0 Å². The number of carbonyl (C=O) groups is 1. The first-order valence-electron chi connectivity index (χ1n) is 8.42. The Hall–Kier alpha value is -2.28. The number of hydrogen-bond acceptors (Lipinski definition) is 6. The van der Waals surface area contributed by atoms with Crippen molar-refractivity contribution in [3.05, 3.63) is 23.0 Å². The number of rotatable bonds is 2. The van der Waals surface area contributed by atoms with Gasteiger partial charge in [0.05, 0.1) is 6.04 Å². The molecule has 2 aliphatic rings. The van der Waals surface area contributed by atoms with Crippen LogP contribution in [0.4, 0.5) is 5.82 Å². The van der Waals surface area contributed by atoms with Gasteiger partial charge in [0.15, 0.2) is 16.6 Å². The molecule has 1 saturated heterocycles. The zero-order valence-electron chi connectivity index (χ0n) is 14.0. The summed E-state index contributed by atoms with van der Waals surface area (Å²) in [6.07, 6.45) is 5.61. The van der Waals surface area contributed by atoms with Crippen LogP contribution in [0.25, 0.3) is 11.0 Å². The first-order valence-corrected chi connectivity index (χ1v) is 8.80. The zero-order valence-corrected chi connectivity index (χ0v) is 14.7. The Morgan fingerprint density at radius 2 is 2.16 bits per heavy atom. The molecule has 0 bridgehead atoms. The standard InChI is InChI=1S/C17H20ClN5O2/c1-10(24)22-4-2-12(3-5-22)23-9-11(7-21-23)14-8-20-17(19)16-13(14)6-15(18)25-16/h6-8,11-12H,2-5,9H2,1H3,(H2,19,20). The van der Waals surface area contributed by atoms with Crippen LogP contribution in [0.15, 0.2) is 21.8 Å². The number of hydrogen-bond donors (Lipinski definition) is 1. The van der Waals surface area contributed by atoms with Gasteiger partial charge in [-0.1, -0.05) is 0 Å². The third-order valence-corrected chi connectivity index (χ3v) is 5.28. The number of amides is 1. The number of likely N-dealkylation sites (tertiary alicyclic amines) is 1. The number of nitrogens with two attached hydrogens (primary N) is 1. The second-order valence-electron chi connectivity index (χ2n) is 6.62. The zero-order chi connectivity index (χ0) is 17.6. The topological polar surface area (TPSA) is 88.0 Å². The molecule has 1 atom stereocenters. The monoisotopic (exact) mass is 361 g/mol. The lowest BCUT2D eigenvalue weighted by Crippen LogP contribution is -2.44. The third-order valence-electron chi connectivity index (χ3n) is 5.10. The Labute approximate surface area is 150 Å². The second-order valence-corrected chi connectivity index (χ2v) is 6.99. The fourth-order valence-electron chi connectivity index (χ4n) is 3.69. The molecule has 0 spiro atoms. The van der Waals surface area contributed by atoms with Crippen LogP contribution in [0, 0.1) is 0 Å². The number of piperidine rings is 1. The van der Waals surface area contributed by atoms with Gasteiger partial charge in [0.25, 0.3) is 0 Å². The summed E-state index contributed by atoms with van der Waals surface area (Å²) in [7, 11) is 0. The van der Waals surface area contributed by atoms with Crippen molar-refractivity contribution in [1.29, 1.82) is 0 Å². The van der Waals surface area contributed by atoms with Crippen molar-refractivity contribution in [1.82, 2.24) is 14.9 Å². The van der Waals surface area contributed by atoms with E-state index in [-0.39, 0.29) is 11.8 Å². The quantitative estimate of drug-likeness (QED) is 0.887. The molecule has 0 radical (unpaired) electrons. The fraction of sp³-hybridized carbons (Fsp3) is 0.471. The lowest BCUT2D eigenvalue weighted by molar-refractivity contribution is -0.130. The van der Waals surface area contributed by atoms with Gasteiger partial charge in [-0.05, 0) is 30.0 Å². The molecule has 0 saturated carbocycles. The summed E-state index contributed by atoms with van der Waals surface area (Å²) in [5.74, 6) is 0.609. The van der Waals surface area contributed by atoms with Gasteiger partial charge in [-0.2, -0.15) is 5.10 Å². The summed E-state index contributed by atoms with van der Waals surface area (Å²) >= 11 is 6.00. The average molecular weight is 362 g/mol. The van der Waals surface area contributed by atoms with Crippen molar-refractivity contribution in [2.24, 2.45) is 5.10 Å². The van der Waals surface area contributed by atoms with Gasteiger partial charge >= 0.3 is 0 Å². The minimum atomic E-state index is 0.120. The largest absolute Gasteiger partial charge is 0.441 e. The average Bonchev–Trinajstić information content (AvgIpc) is 3.22. The Morgan fingerprint density at radius 3 is 2.88 bits per heavy atom. The number of halogens is 1. The number of furan rings is 1. The highest BCUT2D eigenvalue weighted by atomic mass is 35.5. The predicted octanol–water partition coefficient (Wildman–Crippen LogP) is 2.46. The summed E-state index contributed by atoms with van der Waals surface area (Å²) in [5, 5.41) is 7.93. The number of carbonyl (C=O) groups excluding carboxylic acids is 1. The molecule has 2 aliphatic heterocycles. The molecule has 132 valence electrons. The van der Waals surface area contributed by atoms with E-state index in [1.807, 2.05) is 11.1 Å². The van der Waals surface area contributed by atoms with Crippen LogP contribution in [-0.4, -0.2) is 52.7 Å². The Bertz CT molecular complexity index is 841. The maximum Gasteiger partial charge on any atom is 0.219 e. The van der Waals surface area contributed by atoms with Gasteiger partial charge in [0.1, 0.15) is 0 Å². The van der Waals surface area contributed by atoms with Crippen molar-refractivity contribution in [2.75, 3.05) is 25.4 Å². The minimum absolute atomic E-state index is 0.120. The van der Waals surface area contributed by atoms with Gasteiger partial charge in [0, 0.05) is 56.3 Å². The van der Waals surface area contributed by atoms with Crippen LogP contribution in [0.1, 0.15) is 31.2 Å². The van der Waals surface area contributed by atoms with Crippen molar-refractivity contribution in [3.8, 4) is 0 Å². The SMILES string of the molecule is CC(=O)N1CCC(N2CC(c3cnc(N)c4oc(Cl)cc34)C=N2)CC1. The van der Waals surface area contributed by atoms with Gasteiger partial charge in [0.2, 0.25) is 5.91 Å². The van der Waals surface area contributed by atoms with Crippen molar-refractivity contribution >= 4 is 40.5 Å². The molecule has 4 heterocycles. The van der Waals surface area contributed by atoms with Crippen LogP contribution in [0.2, 0.25) is 5.22 Å². The smallest absolute Gasteiger partial charge is 0.219 e. The molecule has 1 fully saturated rings. The van der Waals surface area contributed by atoms with Crippen molar-refractivity contribution in [3.63, 3.8) is 0 Å². The minimum Gasteiger partial charge on any atom is -0.441 e. The molecule has 25 heavy (non-hydrogen) atoms. The van der Waals surface area contributed by atoms with Crippen LogP contribution in [0.5, 0.6) is 0 Å². The number of nitrogens with zero attached hydrogens (tertiary/aromatic N) is 4. The molecule has 2 N–H and O–H groups in total. The van der Waals surface area contributed by atoms with Gasteiger partial charge < -0.3 is 15.1 Å². The first kappa shape index (κ1) is 16.2. The van der Waals surface area contributed by atoms with Gasteiger partial charge in [-0.3, -0.25) is 9.80 Å². The van der Waals surface area contributed by atoms with E-state index in [0.29, 0.717) is 22.7 Å². The van der Waals surface area contributed by atoms with E-state index in [4.69, 9.17) is 21.8 Å². The number of pyridine rings is 1. The highest BCUT2D eigenvalue weighted by Crippen LogP contribution is 2.34. The molecule has 2 aromatic heterocycles. The van der Waals surface area contributed by atoms with E-state index in [1.54, 1.807) is 19.2 Å². The number of aromatic nitrogens is 1. The maximum absolute atomic E-state index is 11.5. The molecular weight excluding hydrogens is 342 g/mol. The van der Waals surface area contributed by atoms with Crippen LogP contribution in [-0.2, 0) is 4.79 Å². The molecule has 7 nitrogen and oxygen atoms in total. The number of hydrazone groups is 1. The first-order chi connectivity index (χ1) is 12.0.